The van der Waals surface area contributed by atoms with Crippen molar-refractivity contribution in [1.82, 2.24) is 20.4 Å². The standard InChI is InChI=1S/C12H23N5.HI/c1-4-7-14-12(13-2)15-8-5-6-11-9-16-17(3)10-11;/h9-10H,4-8H2,1-3H3,(H2,13,14,15);1H. The molecule has 0 saturated heterocycles. The summed E-state index contributed by atoms with van der Waals surface area (Å²) in [5.74, 6) is 0.887. The van der Waals surface area contributed by atoms with Gasteiger partial charge in [-0.15, -0.1) is 24.0 Å². The molecule has 0 fully saturated rings. The van der Waals surface area contributed by atoms with Crippen LogP contribution in [0.3, 0.4) is 0 Å². The maximum atomic E-state index is 4.15. The van der Waals surface area contributed by atoms with Crippen LogP contribution in [-0.2, 0) is 13.5 Å². The Morgan fingerprint density at radius 3 is 2.67 bits per heavy atom. The van der Waals surface area contributed by atoms with Gasteiger partial charge >= 0.3 is 0 Å². The van der Waals surface area contributed by atoms with Crippen molar-refractivity contribution in [2.75, 3.05) is 20.1 Å². The Kier molecular flexibility index (Phi) is 9.72. The number of aliphatic imine (C=N–C) groups is 1. The van der Waals surface area contributed by atoms with Gasteiger partial charge in [0.1, 0.15) is 0 Å². The van der Waals surface area contributed by atoms with E-state index in [0.29, 0.717) is 0 Å². The third-order valence-corrected chi connectivity index (χ3v) is 2.46. The van der Waals surface area contributed by atoms with Gasteiger partial charge in [-0.3, -0.25) is 9.67 Å². The smallest absolute Gasteiger partial charge is 0.190 e. The summed E-state index contributed by atoms with van der Waals surface area (Å²) in [6.45, 7) is 4.03. The first-order valence-corrected chi connectivity index (χ1v) is 6.18. The summed E-state index contributed by atoms with van der Waals surface area (Å²) in [5.41, 5.74) is 1.28. The quantitative estimate of drug-likeness (QED) is 0.348. The number of hydrogen-bond acceptors (Lipinski definition) is 2. The summed E-state index contributed by atoms with van der Waals surface area (Å²) in [6, 6.07) is 0. The van der Waals surface area contributed by atoms with Crippen LogP contribution in [0.2, 0.25) is 0 Å². The van der Waals surface area contributed by atoms with Gasteiger partial charge in [0.25, 0.3) is 0 Å². The van der Waals surface area contributed by atoms with Crippen LogP contribution in [0.4, 0.5) is 0 Å². The van der Waals surface area contributed by atoms with Gasteiger partial charge in [-0.05, 0) is 24.8 Å². The summed E-state index contributed by atoms with van der Waals surface area (Å²) in [4.78, 5) is 4.15. The minimum Gasteiger partial charge on any atom is -0.356 e. The first kappa shape index (κ1) is 17.2. The highest BCUT2D eigenvalue weighted by Crippen LogP contribution is 1.99. The lowest BCUT2D eigenvalue weighted by atomic mass is 10.2. The molecule has 1 aromatic heterocycles. The van der Waals surface area contributed by atoms with E-state index in [9.17, 15) is 0 Å². The lowest BCUT2D eigenvalue weighted by molar-refractivity contribution is 0.733. The van der Waals surface area contributed by atoms with Gasteiger partial charge in [0, 0.05) is 33.4 Å². The molecule has 104 valence electrons. The van der Waals surface area contributed by atoms with E-state index in [1.807, 2.05) is 17.9 Å². The number of halogens is 1. The second kappa shape index (κ2) is 10.2. The minimum absolute atomic E-state index is 0. The number of rotatable bonds is 6. The molecule has 6 heteroatoms. The molecule has 2 N–H and O–H groups in total. The average molecular weight is 365 g/mol. The lowest BCUT2D eigenvalue weighted by Crippen LogP contribution is -2.38. The summed E-state index contributed by atoms with van der Waals surface area (Å²) in [5, 5.41) is 10.7. The number of aromatic nitrogens is 2. The predicted octanol–water partition coefficient (Wildman–Crippen LogP) is 1.55. The second-order valence-corrected chi connectivity index (χ2v) is 4.05. The second-order valence-electron chi connectivity index (χ2n) is 4.05. The molecule has 0 aliphatic heterocycles. The van der Waals surface area contributed by atoms with Gasteiger partial charge in [-0.2, -0.15) is 5.10 Å². The Morgan fingerprint density at radius 2 is 2.11 bits per heavy atom. The SMILES string of the molecule is CCCNC(=NC)NCCCc1cnn(C)c1.I. The minimum atomic E-state index is 0. The first-order valence-electron chi connectivity index (χ1n) is 6.18. The highest BCUT2D eigenvalue weighted by atomic mass is 127. The van der Waals surface area contributed by atoms with E-state index >= 15 is 0 Å². The highest BCUT2D eigenvalue weighted by Gasteiger charge is 1.98. The van der Waals surface area contributed by atoms with Gasteiger partial charge in [0.05, 0.1) is 6.20 Å². The average Bonchev–Trinajstić information content (AvgIpc) is 2.74. The summed E-state index contributed by atoms with van der Waals surface area (Å²) >= 11 is 0. The highest BCUT2D eigenvalue weighted by molar-refractivity contribution is 14.0. The molecule has 0 aliphatic rings. The zero-order valence-electron chi connectivity index (χ0n) is 11.4. The monoisotopic (exact) mass is 365 g/mol. The molecule has 0 radical (unpaired) electrons. The van der Waals surface area contributed by atoms with Crippen LogP contribution < -0.4 is 10.6 Å². The van der Waals surface area contributed by atoms with Crippen molar-refractivity contribution >= 4 is 29.9 Å². The lowest BCUT2D eigenvalue weighted by Gasteiger charge is -2.10. The van der Waals surface area contributed by atoms with E-state index in [4.69, 9.17) is 0 Å². The van der Waals surface area contributed by atoms with Crippen LogP contribution in [0.25, 0.3) is 0 Å². The van der Waals surface area contributed by atoms with Crippen LogP contribution in [0.5, 0.6) is 0 Å². The van der Waals surface area contributed by atoms with E-state index in [1.54, 1.807) is 7.05 Å². The zero-order chi connectivity index (χ0) is 12.5. The Balaban J connectivity index is 0.00000289. The predicted molar refractivity (Wildman–Crippen MR) is 86.6 cm³/mol. The fraction of sp³-hybridized carbons (Fsp3) is 0.667. The molecule has 18 heavy (non-hydrogen) atoms. The molecular weight excluding hydrogens is 341 g/mol. The van der Waals surface area contributed by atoms with Gasteiger partial charge < -0.3 is 10.6 Å². The van der Waals surface area contributed by atoms with Crippen LogP contribution in [0.15, 0.2) is 17.4 Å². The van der Waals surface area contributed by atoms with E-state index in [1.165, 1.54) is 5.56 Å². The number of hydrogen-bond donors (Lipinski definition) is 2. The molecule has 1 aromatic rings. The normalized spacial score (nSPS) is 10.9. The molecule has 0 bridgehead atoms. The van der Waals surface area contributed by atoms with E-state index in [2.05, 4.69) is 33.8 Å². The number of aryl methyl sites for hydroxylation is 2. The summed E-state index contributed by atoms with van der Waals surface area (Å²) in [7, 11) is 3.74. The molecule has 0 aliphatic carbocycles. The molecule has 0 saturated carbocycles. The van der Waals surface area contributed by atoms with Gasteiger partial charge in [-0.1, -0.05) is 6.92 Å². The molecular formula is C12H24IN5. The molecule has 0 aromatic carbocycles. The summed E-state index contributed by atoms with van der Waals surface area (Å²) in [6.07, 6.45) is 7.22. The van der Waals surface area contributed by atoms with Crippen LogP contribution >= 0.6 is 24.0 Å². The Morgan fingerprint density at radius 1 is 1.39 bits per heavy atom. The third kappa shape index (κ3) is 6.83. The number of nitrogens with one attached hydrogen (secondary N) is 2. The van der Waals surface area contributed by atoms with Crippen LogP contribution in [0, 0.1) is 0 Å². The maximum absolute atomic E-state index is 4.15. The van der Waals surface area contributed by atoms with Crippen molar-refractivity contribution in [3.05, 3.63) is 18.0 Å². The van der Waals surface area contributed by atoms with E-state index in [0.717, 1.165) is 38.3 Å². The number of guanidine groups is 1. The van der Waals surface area contributed by atoms with Gasteiger partial charge in [0.2, 0.25) is 0 Å². The number of nitrogens with zero attached hydrogens (tertiary/aromatic N) is 3. The largest absolute Gasteiger partial charge is 0.356 e. The van der Waals surface area contributed by atoms with Gasteiger partial charge in [0.15, 0.2) is 5.96 Å². The fourth-order valence-corrected chi connectivity index (χ4v) is 1.56. The molecule has 0 amide bonds. The molecule has 1 rings (SSSR count). The Bertz CT molecular complexity index is 348. The Labute approximate surface area is 126 Å². The van der Waals surface area contributed by atoms with Crippen molar-refractivity contribution in [2.45, 2.75) is 26.2 Å². The van der Waals surface area contributed by atoms with Gasteiger partial charge in [-0.25, -0.2) is 0 Å². The molecule has 5 nitrogen and oxygen atoms in total. The maximum Gasteiger partial charge on any atom is 0.190 e. The van der Waals surface area contributed by atoms with Crippen LogP contribution in [-0.4, -0.2) is 35.9 Å². The van der Waals surface area contributed by atoms with Crippen molar-refractivity contribution < 1.29 is 0 Å². The van der Waals surface area contributed by atoms with E-state index < -0.39 is 0 Å². The molecule has 0 atom stereocenters. The van der Waals surface area contributed by atoms with E-state index in [-0.39, 0.29) is 24.0 Å². The van der Waals surface area contributed by atoms with Crippen molar-refractivity contribution in [3.8, 4) is 0 Å². The van der Waals surface area contributed by atoms with Crippen molar-refractivity contribution in [3.63, 3.8) is 0 Å². The fourth-order valence-electron chi connectivity index (χ4n) is 1.56. The first-order chi connectivity index (χ1) is 8.26. The molecule has 0 unspecified atom stereocenters. The Hall–Kier alpha value is -0.790. The third-order valence-electron chi connectivity index (χ3n) is 2.46. The van der Waals surface area contributed by atoms with Crippen molar-refractivity contribution in [2.24, 2.45) is 12.0 Å². The van der Waals surface area contributed by atoms with Crippen LogP contribution in [0.1, 0.15) is 25.3 Å². The summed E-state index contributed by atoms with van der Waals surface area (Å²) < 4.78 is 1.84. The topological polar surface area (TPSA) is 54.2 Å². The van der Waals surface area contributed by atoms with Crippen molar-refractivity contribution in [1.29, 1.82) is 0 Å². The zero-order valence-corrected chi connectivity index (χ0v) is 13.8. The molecule has 1 heterocycles. The molecule has 0 spiro atoms.